The standard InChI is InChI=1S/C29H33ClFN3O6/c30-23-13-19(14-24(31)18-23)1-4-26(35)29(38)5-8-34(28(29)37)25-3-2-20-15-22(16-21(20)17-25)27(36)33-7-10-40-12-11-39-9-6-32/h2-3,13-14,16-18,38H,1,4-12,15,32H2,(H,33,36)/t29-/m0/s1. The number of ether oxygens (including phenoxy) is 2. The second kappa shape index (κ2) is 13.5. The molecule has 4 rings (SSSR count). The van der Waals surface area contributed by atoms with Gasteiger partial charge in [-0.05, 0) is 59.5 Å². The third kappa shape index (κ3) is 7.13. The maximum atomic E-state index is 13.6. The molecule has 1 aliphatic carbocycles. The highest BCUT2D eigenvalue weighted by Gasteiger charge is 2.50. The zero-order valence-electron chi connectivity index (χ0n) is 22.1. The van der Waals surface area contributed by atoms with Crippen LogP contribution in [0.15, 0.2) is 42.0 Å². The Balaban J connectivity index is 1.31. The number of aryl methyl sites for hydroxylation is 1. The molecule has 1 saturated heterocycles. The lowest BCUT2D eigenvalue weighted by Gasteiger charge is -2.22. The summed E-state index contributed by atoms with van der Waals surface area (Å²) in [5.41, 5.74) is 6.58. The fourth-order valence-electron chi connectivity index (χ4n) is 4.82. The zero-order valence-corrected chi connectivity index (χ0v) is 22.8. The summed E-state index contributed by atoms with van der Waals surface area (Å²) >= 11 is 5.88. The van der Waals surface area contributed by atoms with Gasteiger partial charge in [-0.3, -0.25) is 14.4 Å². The highest BCUT2D eigenvalue weighted by Crippen LogP contribution is 2.34. The Kier molecular flexibility index (Phi) is 10.0. The Labute approximate surface area is 237 Å². The lowest BCUT2D eigenvalue weighted by molar-refractivity contribution is -0.147. The first-order valence-electron chi connectivity index (χ1n) is 13.2. The third-order valence-electron chi connectivity index (χ3n) is 6.93. The van der Waals surface area contributed by atoms with Crippen molar-refractivity contribution in [3.63, 3.8) is 0 Å². The van der Waals surface area contributed by atoms with Gasteiger partial charge in [0.2, 0.25) is 11.5 Å². The zero-order chi connectivity index (χ0) is 28.7. The molecule has 0 aromatic heterocycles. The molecule has 0 unspecified atom stereocenters. The number of nitrogens with two attached hydrogens (primary N) is 1. The predicted octanol–water partition coefficient (Wildman–Crippen LogP) is 2.20. The first kappa shape index (κ1) is 29.8. The van der Waals surface area contributed by atoms with Gasteiger partial charge in [-0.25, -0.2) is 4.39 Å². The molecule has 0 radical (unpaired) electrons. The number of halogens is 2. The average Bonchev–Trinajstić information content (AvgIpc) is 3.49. The van der Waals surface area contributed by atoms with E-state index in [1.54, 1.807) is 24.3 Å². The van der Waals surface area contributed by atoms with E-state index >= 15 is 0 Å². The summed E-state index contributed by atoms with van der Waals surface area (Å²) in [5.74, 6) is -2.02. The van der Waals surface area contributed by atoms with Crippen LogP contribution in [-0.2, 0) is 36.7 Å². The minimum Gasteiger partial charge on any atom is -0.378 e. The maximum absolute atomic E-state index is 13.6. The molecule has 9 nitrogen and oxygen atoms in total. The smallest absolute Gasteiger partial charge is 0.266 e. The average molecular weight is 574 g/mol. The topological polar surface area (TPSA) is 131 Å². The summed E-state index contributed by atoms with van der Waals surface area (Å²) in [7, 11) is 0. The number of ketones is 1. The monoisotopic (exact) mass is 573 g/mol. The van der Waals surface area contributed by atoms with Gasteiger partial charge in [0.15, 0.2) is 5.78 Å². The molecule has 2 aromatic carbocycles. The number of benzene rings is 2. The van der Waals surface area contributed by atoms with Crippen LogP contribution < -0.4 is 16.0 Å². The van der Waals surface area contributed by atoms with Crippen molar-refractivity contribution in [2.24, 2.45) is 5.73 Å². The fourth-order valence-corrected chi connectivity index (χ4v) is 5.07. The van der Waals surface area contributed by atoms with Gasteiger partial charge in [0, 0.05) is 55.2 Å². The van der Waals surface area contributed by atoms with E-state index in [1.165, 1.54) is 17.0 Å². The molecule has 4 N–H and O–H groups in total. The van der Waals surface area contributed by atoms with E-state index in [-0.39, 0.29) is 36.7 Å². The van der Waals surface area contributed by atoms with Gasteiger partial charge in [0.05, 0.1) is 26.4 Å². The van der Waals surface area contributed by atoms with Crippen molar-refractivity contribution < 1.29 is 33.4 Å². The third-order valence-corrected chi connectivity index (χ3v) is 7.15. The number of Topliss-reactive ketones (excluding diaryl/α,β-unsaturated/α-hetero) is 1. The number of amides is 2. The number of rotatable bonds is 14. The Morgan fingerprint density at radius 2 is 1.90 bits per heavy atom. The van der Waals surface area contributed by atoms with Crippen LogP contribution >= 0.6 is 11.6 Å². The fraction of sp³-hybridized carbons (Fsp3) is 0.414. The highest BCUT2D eigenvalue weighted by molar-refractivity contribution is 6.30. The van der Waals surface area contributed by atoms with Crippen LogP contribution in [0.25, 0.3) is 6.08 Å². The van der Waals surface area contributed by atoms with Gasteiger partial charge >= 0.3 is 0 Å². The number of anilines is 1. The Bertz CT molecular complexity index is 1280. The number of nitrogens with zero attached hydrogens (tertiary/aromatic N) is 1. The van der Waals surface area contributed by atoms with E-state index in [4.69, 9.17) is 26.8 Å². The van der Waals surface area contributed by atoms with Crippen LogP contribution in [0.5, 0.6) is 0 Å². The van der Waals surface area contributed by atoms with E-state index < -0.39 is 23.1 Å². The summed E-state index contributed by atoms with van der Waals surface area (Å²) in [6.45, 7) is 2.69. The molecule has 0 bridgehead atoms. The molecular weight excluding hydrogens is 541 g/mol. The van der Waals surface area contributed by atoms with Crippen LogP contribution in [0.3, 0.4) is 0 Å². The van der Waals surface area contributed by atoms with Crippen LogP contribution in [0.1, 0.15) is 29.5 Å². The number of nitrogens with one attached hydrogen (secondary N) is 1. The number of aliphatic hydroxyl groups is 1. The van der Waals surface area contributed by atoms with E-state index in [9.17, 15) is 23.9 Å². The SMILES string of the molecule is NCCOCCOCCNC(=O)C1=Cc2cc(N3CC[C@](O)(C(=O)CCc4cc(F)cc(Cl)c4)C3=O)ccc2C1. The van der Waals surface area contributed by atoms with E-state index in [0.29, 0.717) is 62.8 Å². The molecular formula is C29H33ClFN3O6. The largest absolute Gasteiger partial charge is 0.378 e. The number of carbonyl (C=O) groups is 3. The van der Waals surface area contributed by atoms with Gasteiger partial charge in [0.25, 0.3) is 5.91 Å². The lowest BCUT2D eigenvalue weighted by Crippen LogP contribution is -2.47. The van der Waals surface area contributed by atoms with Crippen LogP contribution in [-0.4, -0.2) is 74.4 Å². The molecule has 1 aliphatic heterocycles. The molecule has 1 heterocycles. The summed E-state index contributed by atoms with van der Waals surface area (Å²) in [5, 5.41) is 14.1. The molecule has 2 aromatic rings. The van der Waals surface area contributed by atoms with Gasteiger partial charge < -0.3 is 30.5 Å². The molecule has 40 heavy (non-hydrogen) atoms. The molecule has 1 fully saturated rings. The van der Waals surface area contributed by atoms with E-state index in [1.807, 2.05) is 6.07 Å². The van der Waals surface area contributed by atoms with E-state index in [0.717, 1.165) is 11.1 Å². The molecule has 0 saturated carbocycles. The normalized spacial score (nSPS) is 18.1. The minimum absolute atomic E-state index is 0.0453. The molecule has 1 atom stereocenters. The van der Waals surface area contributed by atoms with Gasteiger partial charge in [-0.2, -0.15) is 0 Å². The quantitative estimate of drug-likeness (QED) is 0.233. The van der Waals surface area contributed by atoms with Gasteiger partial charge in [0.1, 0.15) is 5.82 Å². The van der Waals surface area contributed by atoms with Crippen molar-refractivity contribution in [3.8, 4) is 0 Å². The number of carbonyl (C=O) groups excluding carboxylic acids is 3. The predicted molar refractivity (Wildman–Crippen MR) is 148 cm³/mol. The Morgan fingerprint density at radius 3 is 2.65 bits per heavy atom. The van der Waals surface area contributed by atoms with Crippen LogP contribution in [0.4, 0.5) is 10.1 Å². The molecule has 214 valence electrons. The number of fused-ring (bicyclic) bond motifs is 1. The molecule has 0 spiro atoms. The highest BCUT2D eigenvalue weighted by atomic mass is 35.5. The summed E-state index contributed by atoms with van der Waals surface area (Å²) < 4.78 is 24.2. The number of hydrogen-bond acceptors (Lipinski definition) is 7. The summed E-state index contributed by atoms with van der Waals surface area (Å²) in [6, 6.07) is 9.35. The van der Waals surface area contributed by atoms with Crippen molar-refractivity contribution in [3.05, 3.63) is 69.5 Å². The van der Waals surface area contributed by atoms with Crippen molar-refractivity contribution in [1.29, 1.82) is 0 Å². The Morgan fingerprint density at radius 1 is 1.12 bits per heavy atom. The second-order valence-corrected chi connectivity index (χ2v) is 10.2. The van der Waals surface area contributed by atoms with Crippen LogP contribution in [0, 0.1) is 5.82 Å². The van der Waals surface area contributed by atoms with E-state index in [2.05, 4.69) is 5.32 Å². The summed E-state index contributed by atoms with van der Waals surface area (Å²) in [4.78, 5) is 40.1. The van der Waals surface area contributed by atoms with Crippen molar-refractivity contribution in [1.82, 2.24) is 5.32 Å². The van der Waals surface area contributed by atoms with Crippen molar-refractivity contribution >= 4 is 41.0 Å². The molecule has 11 heteroatoms. The minimum atomic E-state index is -2.14. The molecule has 2 amide bonds. The van der Waals surface area contributed by atoms with Crippen molar-refractivity contribution in [2.75, 3.05) is 51.0 Å². The first-order chi connectivity index (χ1) is 19.2. The first-order valence-corrected chi connectivity index (χ1v) is 13.6. The second-order valence-electron chi connectivity index (χ2n) is 9.77. The lowest BCUT2D eigenvalue weighted by atomic mass is 9.92. The van der Waals surface area contributed by atoms with Gasteiger partial charge in [-0.1, -0.05) is 17.7 Å². The van der Waals surface area contributed by atoms with Gasteiger partial charge in [-0.15, -0.1) is 0 Å². The Hall–Kier alpha value is -3.15. The van der Waals surface area contributed by atoms with Crippen molar-refractivity contribution in [2.45, 2.75) is 31.3 Å². The maximum Gasteiger partial charge on any atom is 0.266 e. The summed E-state index contributed by atoms with van der Waals surface area (Å²) in [6.07, 6.45) is 2.20. The van der Waals surface area contributed by atoms with Crippen LogP contribution in [0.2, 0.25) is 5.02 Å². The molecule has 2 aliphatic rings. The number of hydrogen-bond donors (Lipinski definition) is 3.